The van der Waals surface area contributed by atoms with Crippen LogP contribution >= 0.6 is 11.3 Å². The highest BCUT2D eigenvalue weighted by molar-refractivity contribution is 7.23. The van der Waals surface area contributed by atoms with E-state index >= 15 is 0 Å². The van der Waals surface area contributed by atoms with Crippen LogP contribution in [0.2, 0.25) is 0 Å². The third-order valence-corrected chi connectivity index (χ3v) is 7.20. The first kappa shape index (κ1) is 30.6. The third kappa shape index (κ3) is 8.33. The van der Waals surface area contributed by atoms with Gasteiger partial charge in [0.15, 0.2) is 10.8 Å². The first-order valence-electron chi connectivity index (χ1n) is 14.2. The fraction of sp³-hybridized carbons (Fsp3) is 0.303. The van der Waals surface area contributed by atoms with Gasteiger partial charge in [-0.1, -0.05) is 45.0 Å². The zero-order chi connectivity index (χ0) is 29.9. The zero-order valence-electron chi connectivity index (χ0n) is 24.1. The van der Waals surface area contributed by atoms with Crippen molar-refractivity contribution in [3.8, 4) is 17.2 Å². The fourth-order valence-corrected chi connectivity index (χ4v) is 5.17. The number of rotatable bonds is 13. The number of carbonyl (C=O) groups is 3. The molecule has 0 aliphatic carbocycles. The fourth-order valence-electron chi connectivity index (χ4n) is 4.22. The van der Waals surface area contributed by atoms with Crippen LogP contribution in [0, 0.1) is 0 Å². The number of hydrogen-bond donors (Lipinski definition) is 0. The molecule has 42 heavy (non-hydrogen) atoms. The van der Waals surface area contributed by atoms with E-state index in [1.807, 2.05) is 69.3 Å². The highest BCUT2D eigenvalue weighted by atomic mass is 32.1. The van der Waals surface area contributed by atoms with Gasteiger partial charge in [0, 0.05) is 41.3 Å². The second-order valence-corrected chi connectivity index (χ2v) is 10.8. The Balaban J connectivity index is 1.60. The van der Waals surface area contributed by atoms with Crippen molar-refractivity contribution in [1.29, 1.82) is 0 Å². The standard InChI is InChI=1S/C33H34N2O6S/c1-4-10-29(36)39-25-17-18-27(40-30(37)11-5-2)23(21-25)19-22-13-9-14-24(20-22)34-35-33-32(41-31(38)12-6-3)26-15-7-8-16-28(26)42-33/h7-9,13-18,20-21H,4-6,10-12,19H2,1-3H3. The van der Waals surface area contributed by atoms with Crippen molar-refractivity contribution in [1.82, 2.24) is 0 Å². The summed E-state index contributed by atoms with van der Waals surface area (Å²) in [6.07, 6.45) is 3.38. The number of thiophene rings is 1. The minimum Gasteiger partial charge on any atom is -0.427 e. The van der Waals surface area contributed by atoms with Crippen molar-refractivity contribution < 1.29 is 28.6 Å². The highest BCUT2D eigenvalue weighted by Crippen LogP contribution is 2.45. The van der Waals surface area contributed by atoms with Gasteiger partial charge in [0.25, 0.3) is 0 Å². The van der Waals surface area contributed by atoms with Crippen LogP contribution in [-0.4, -0.2) is 17.9 Å². The highest BCUT2D eigenvalue weighted by Gasteiger charge is 2.17. The minimum atomic E-state index is -0.323. The summed E-state index contributed by atoms with van der Waals surface area (Å²) in [7, 11) is 0. The van der Waals surface area contributed by atoms with Gasteiger partial charge in [-0.15, -0.1) is 21.6 Å². The summed E-state index contributed by atoms with van der Waals surface area (Å²) in [5.74, 6) is 0.280. The number of benzene rings is 3. The summed E-state index contributed by atoms with van der Waals surface area (Å²) in [6, 6.07) is 20.2. The second kappa shape index (κ2) is 15.0. The van der Waals surface area contributed by atoms with E-state index in [4.69, 9.17) is 14.2 Å². The van der Waals surface area contributed by atoms with Crippen LogP contribution in [0.15, 0.2) is 77.0 Å². The summed E-state index contributed by atoms with van der Waals surface area (Å²) >= 11 is 1.40. The van der Waals surface area contributed by atoms with E-state index in [1.165, 1.54) is 11.3 Å². The Morgan fingerprint density at radius 1 is 0.714 bits per heavy atom. The maximum absolute atomic E-state index is 12.3. The minimum absolute atomic E-state index is 0.302. The Hall–Kier alpha value is -4.37. The summed E-state index contributed by atoms with van der Waals surface area (Å²) in [5.41, 5.74) is 2.19. The summed E-state index contributed by atoms with van der Waals surface area (Å²) in [5, 5.41) is 10.2. The Kier molecular flexibility index (Phi) is 10.9. The molecule has 0 N–H and O–H groups in total. The van der Waals surface area contributed by atoms with Gasteiger partial charge >= 0.3 is 17.9 Å². The molecule has 8 nitrogen and oxygen atoms in total. The maximum atomic E-state index is 12.3. The van der Waals surface area contributed by atoms with Crippen molar-refractivity contribution in [2.24, 2.45) is 10.2 Å². The number of ether oxygens (including phenoxy) is 3. The molecule has 0 radical (unpaired) electrons. The van der Waals surface area contributed by atoms with Crippen LogP contribution < -0.4 is 14.2 Å². The molecule has 0 spiro atoms. The monoisotopic (exact) mass is 586 g/mol. The molecule has 4 rings (SSSR count). The molecule has 0 unspecified atom stereocenters. The van der Waals surface area contributed by atoms with Crippen LogP contribution in [-0.2, 0) is 20.8 Å². The third-order valence-electron chi connectivity index (χ3n) is 6.16. The molecular weight excluding hydrogens is 552 g/mol. The van der Waals surface area contributed by atoms with Crippen molar-refractivity contribution in [2.45, 2.75) is 65.7 Å². The van der Waals surface area contributed by atoms with E-state index < -0.39 is 0 Å². The Morgan fingerprint density at radius 3 is 2.14 bits per heavy atom. The summed E-state index contributed by atoms with van der Waals surface area (Å²) in [6.45, 7) is 5.75. The number of fused-ring (bicyclic) bond motifs is 1. The van der Waals surface area contributed by atoms with E-state index in [1.54, 1.807) is 18.2 Å². The van der Waals surface area contributed by atoms with Crippen molar-refractivity contribution in [2.75, 3.05) is 0 Å². The average Bonchev–Trinajstić information content (AvgIpc) is 3.31. The Morgan fingerprint density at radius 2 is 1.40 bits per heavy atom. The molecule has 1 aromatic heterocycles. The van der Waals surface area contributed by atoms with E-state index in [9.17, 15) is 14.4 Å². The van der Waals surface area contributed by atoms with E-state index in [0.717, 1.165) is 15.6 Å². The SMILES string of the molecule is CCCC(=O)Oc1ccc(OC(=O)CCC)c(Cc2cccc(N=Nc3sc4ccccc4c3OC(=O)CCC)c2)c1. The topological polar surface area (TPSA) is 104 Å². The van der Waals surface area contributed by atoms with Gasteiger partial charge in [-0.2, -0.15) is 0 Å². The molecule has 0 amide bonds. The predicted molar refractivity (Wildman–Crippen MR) is 163 cm³/mol. The molecule has 0 aliphatic heterocycles. The lowest BCUT2D eigenvalue weighted by molar-refractivity contribution is -0.135. The van der Waals surface area contributed by atoms with Crippen LogP contribution in [0.1, 0.15) is 70.4 Å². The normalized spacial score (nSPS) is 11.1. The predicted octanol–water partition coefficient (Wildman–Crippen LogP) is 9.02. The van der Waals surface area contributed by atoms with Crippen molar-refractivity contribution >= 4 is 50.0 Å². The van der Waals surface area contributed by atoms with Gasteiger partial charge in [-0.05, 0) is 67.3 Å². The van der Waals surface area contributed by atoms with Crippen LogP contribution in [0.25, 0.3) is 10.1 Å². The van der Waals surface area contributed by atoms with Gasteiger partial charge in [-0.25, -0.2) is 0 Å². The molecule has 4 aromatic rings. The van der Waals surface area contributed by atoms with Gasteiger partial charge in [0.1, 0.15) is 11.5 Å². The number of azo groups is 1. The van der Waals surface area contributed by atoms with Gasteiger partial charge in [0.05, 0.1) is 5.69 Å². The zero-order valence-corrected chi connectivity index (χ0v) is 24.9. The molecule has 0 aliphatic rings. The van der Waals surface area contributed by atoms with Gasteiger partial charge < -0.3 is 14.2 Å². The number of carbonyl (C=O) groups excluding carboxylic acids is 3. The number of esters is 3. The molecule has 0 atom stereocenters. The lowest BCUT2D eigenvalue weighted by Gasteiger charge is -2.13. The summed E-state index contributed by atoms with van der Waals surface area (Å²) in [4.78, 5) is 36.6. The molecule has 0 bridgehead atoms. The Labute approximate surface area is 249 Å². The molecule has 0 saturated heterocycles. The van der Waals surface area contributed by atoms with Crippen LogP contribution in [0.3, 0.4) is 0 Å². The molecule has 0 fully saturated rings. The molecule has 9 heteroatoms. The molecule has 218 valence electrons. The van der Waals surface area contributed by atoms with Crippen LogP contribution in [0.4, 0.5) is 10.7 Å². The first-order chi connectivity index (χ1) is 20.4. The lowest BCUT2D eigenvalue weighted by atomic mass is 10.0. The maximum Gasteiger partial charge on any atom is 0.311 e. The molecular formula is C33H34N2O6S. The smallest absolute Gasteiger partial charge is 0.311 e. The second-order valence-electron chi connectivity index (χ2n) is 9.72. The number of hydrogen-bond acceptors (Lipinski definition) is 9. The quantitative estimate of drug-likeness (QED) is 0.0879. The van der Waals surface area contributed by atoms with Gasteiger partial charge in [0.2, 0.25) is 0 Å². The largest absolute Gasteiger partial charge is 0.427 e. The van der Waals surface area contributed by atoms with Crippen molar-refractivity contribution in [3.05, 3.63) is 77.9 Å². The molecule has 0 saturated carbocycles. The van der Waals surface area contributed by atoms with E-state index in [-0.39, 0.29) is 17.9 Å². The van der Waals surface area contributed by atoms with E-state index in [2.05, 4.69) is 10.2 Å². The molecule has 1 heterocycles. The number of nitrogens with zero attached hydrogens (tertiary/aromatic N) is 2. The lowest BCUT2D eigenvalue weighted by Crippen LogP contribution is -2.10. The molecule has 3 aromatic carbocycles. The Bertz CT molecular complexity index is 1590. The van der Waals surface area contributed by atoms with E-state index in [0.29, 0.717) is 78.4 Å². The summed E-state index contributed by atoms with van der Waals surface area (Å²) < 4.78 is 17.7. The van der Waals surface area contributed by atoms with Gasteiger partial charge in [-0.3, -0.25) is 14.4 Å². The van der Waals surface area contributed by atoms with Crippen LogP contribution in [0.5, 0.6) is 17.2 Å². The van der Waals surface area contributed by atoms with Crippen molar-refractivity contribution in [3.63, 3.8) is 0 Å². The average molecular weight is 587 g/mol. The first-order valence-corrected chi connectivity index (χ1v) is 15.0.